The first-order valence-corrected chi connectivity index (χ1v) is 9.68. The average Bonchev–Trinajstić information content (AvgIpc) is 2.97. The Morgan fingerprint density at radius 3 is 2.62 bits per heavy atom. The van der Waals surface area contributed by atoms with Gasteiger partial charge in [-0.2, -0.15) is 0 Å². The molecular formula is C18H18BrN5OS. The van der Waals surface area contributed by atoms with E-state index < -0.39 is 0 Å². The summed E-state index contributed by atoms with van der Waals surface area (Å²) in [5, 5.41) is 11.6. The minimum atomic E-state index is -0.116. The number of nitrogens with zero attached hydrogens (tertiary/aromatic N) is 3. The van der Waals surface area contributed by atoms with E-state index in [1.807, 2.05) is 56.3 Å². The number of hydrogen-bond acceptors (Lipinski definition) is 5. The third-order valence-electron chi connectivity index (χ3n) is 3.76. The molecule has 0 saturated carbocycles. The lowest BCUT2D eigenvalue weighted by molar-refractivity contribution is -0.113. The predicted molar refractivity (Wildman–Crippen MR) is 109 cm³/mol. The smallest absolute Gasteiger partial charge is 0.234 e. The summed E-state index contributed by atoms with van der Waals surface area (Å²) in [7, 11) is 0. The summed E-state index contributed by atoms with van der Waals surface area (Å²) in [5.74, 6) is 6.71. The topological polar surface area (TPSA) is 85.8 Å². The normalized spacial score (nSPS) is 10.7. The van der Waals surface area contributed by atoms with Crippen LogP contribution in [0.2, 0.25) is 0 Å². The van der Waals surface area contributed by atoms with Crippen LogP contribution in [-0.2, 0) is 4.79 Å². The lowest BCUT2D eigenvalue weighted by Gasteiger charge is -2.09. The van der Waals surface area contributed by atoms with Crippen molar-refractivity contribution in [1.82, 2.24) is 14.9 Å². The third-order valence-corrected chi connectivity index (χ3v) is 5.23. The summed E-state index contributed by atoms with van der Waals surface area (Å²) in [6.07, 6.45) is 0. The number of nitrogen functional groups attached to an aromatic ring is 1. The second-order valence-corrected chi connectivity index (χ2v) is 7.70. The van der Waals surface area contributed by atoms with Crippen LogP contribution in [0.15, 0.2) is 52.1 Å². The zero-order valence-electron chi connectivity index (χ0n) is 14.4. The molecule has 0 unspecified atom stereocenters. The quantitative estimate of drug-likeness (QED) is 0.474. The van der Waals surface area contributed by atoms with Gasteiger partial charge in [0.2, 0.25) is 11.1 Å². The zero-order chi connectivity index (χ0) is 18.7. The van der Waals surface area contributed by atoms with Crippen LogP contribution in [0.4, 0.5) is 5.69 Å². The summed E-state index contributed by atoms with van der Waals surface area (Å²) in [6, 6.07) is 13.5. The molecule has 1 aromatic heterocycles. The van der Waals surface area contributed by atoms with Gasteiger partial charge < -0.3 is 11.2 Å². The second kappa shape index (κ2) is 7.92. The highest BCUT2D eigenvalue weighted by Gasteiger charge is 2.14. The Morgan fingerprint density at radius 2 is 1.92 bits per heavy atom. The van der Waals surface area contributed by atoms with Crippen molar-refractivity contribution in [3.05, 3.63) is 58.1 Å². The zero-order valence-corrected chi connectivity index (χ0v) is 16.8. The highest BCUT2D eigenvalue weighted by Crippen LogP contribution is 2.23. The Morgan fingerprint density at radius 1 is 1.19 bits per heavy atom. The predicted octanol–water partition coefficient (Wildman–Crippen LogP) is 3.77. The fraction of sp³-hybridized carbons (Fsp3) is 0.167. The average molecular weight is 432 g/mol. The van der Waals surface area contributed by atoms with Gasteiger partial charge in [0.25, 0.3) is 0 Å². The van der Waals surface area contributed by atoms with E-state index in [4.69, 9.17) is 5.84 Å². The fourth-order valence-electron chi connectivity index (χ4n) is 2.44. The molecule has 134 valence electrons. The van der Waals surface area contributed by atoms with Gasteiger partial charge in [0.1, 0.15) is 0 Å². The molecule has 1 heterocycles. The number of benzene rings is 2. The van der Waals surface area contributed by atoms with Crippen LogP contribution < -0.4 is 11.2 Å². The molecule has 0 spiro atoms. The monoisotopic (exact) mass is 431 g/mol. The van der Waals surface area contributed by atoms with Crippen LogP contribution in [0.25, 0.3) is 11.4 Å². The molecule has 0 fully saturated rings. The summed E-state index contributed by atoms with van der Waals surface area (Å²) in [4.78, 5) is 12.2. The highest BCUT2D eigenvalue weighted by molar-refractivity contribution is 9.10. The minimum absolute atomic E-state index is 0.116. The Hall–Kier alpha value is -2.32. The number of hydrogen-bond donors (Lipinski definition) is 2. The molecule has 0 aliphatic rings. The lowest BCUT2D eigenvalue weighted by atomic mass is 10.1. The van der Waals surface area contributed by atoms with Crippen LogP contribution in [-0.4, -0.2) is 26.5 Å². The Labute approximate surface area is 164 Å². The van der Waals surface area contributed by atoms with E-state index >= 15 is 0 Å². The number of nitrogens with one attached hydrogen (secondary N) is 1. The van der Waals surface area contributed by atoms with Crippen molar-refractivity contribution in [1.29, 1.82) is 0 Å². The molecule has 6 nitrogen and oxygen atoms in total. The van der Waals surface area contributed by atoms with Gasteiger partial charge >= 0.3 is 0 Å². The van der Waals surface area contributed by atoms with E-state index in [-0.39, 0.29) is 11.7 Å². The van der Waals surface area contributed by atoms with Gasteiger partial charge in [0.15, 0.2) is 5.82 Å². The molecule has 8 heteroatoms. The molecule has 0 aliphatic carbocycles. The molecule has 1 amide bonds. The van der Waals surface area contributed by atoms with E-state index in [1.54, 1.807) is 0 Å². The first-order chi connectivity index (χ1) is 12.4. The van der Waals surface area contributed by atoms with E-state index in [0.29, 0.717) is 11.0 Å². The molecule has 3 N–H and O–H groups in total. The Balaban J connectivity index is 1.64. The fourth-order valence-corrected chi connectivity index (χ4v) is 3.36. The number of anilines is 1. The molecule has 3 aromatic rings. The van der Waals surface area contributed by atoms with E-state index in [9.17, 15) is 4.79 Å². The summed E-state index contributed by atoms with van der Waals surface area (Å²) in [6.45, 7) is 3.99. The SMILES string of the molecule is Cc1ccc(NC(=O)CSc2nnc(-c3ccc(Br)cc3)n2N)c(C)c1. The van der Waals surface area contributed by atoms with Gasteiger partial charge in [-0.15, -0.1) is 10.2 Å². The van der Waals surface area contributed by atoms with Crippen molar-refractivity contribution in [2.24, 2.45) is 0 Å². The Bertz CT molecular complexity index is 939. The number of halogens is 1. The van der Waals surface area contributed by atoms with Crippen LogP contribution >= 0.6 is 27.7 Å². The van der Waals surface area contributed by atoms with Crippen LogP contribution in [0, 0.1) is 13.8 Å². The molecule has 0 atom stereocenters. The van der Waals surface area contributed by atoms with Crippen LogP contribution in [0.5, 0.6) is 0 Å². The van der Waals surface area contributed by atoms with E-state index in [2.05, 4.69) is 31.4 Å². The van der Waals surface area contributed by atoms with Gasteiger partial charge in [-0.1, -0.05) is 57.5 Å². The van der Waals surface area contributed by atoms with E-state index in [0.717, 1.165) is 26.9 Å². The lowest BCUT2D eigenvalue weighted by Crippen LogP contribution is -2.17. The van der Waals surface area contributed by atoms with Gasteiger partial charge in [-0.3, -0.25) is 4.79 Å². The molecule has 0 bridgehead atoms. The molecule has 2 aromatic carbocycles. The van der Waals surface area contributed by atoms with Crippen molar-refractivity contribution < 1.29 is 4.79 Å². The third kappa shape index (κ3) is 4.25. The van der Waals surface area contributed by atoms with Crippen LogP contribution in [0.1, 0.15) is 11.1 Å². The maximum absolute atomic E-state index is 12.2. The minimum Gasteiger partial charge on any atom is -0.335 e. The molecule has 0 aliphatic heterocycles. The number of carbonyl (C=O) groups is 1. The molecule has 0 radical (unpaired) electrons. The van der Waals surface area contributed by atoms with Crippen molar-refractivity contribution in [3.8, 4) is 11.4 Å². The number of aromatic nitrogens is 3. The second-order valence-electron chi connectivity index (χ2n) is 5.84. The highest BCUT2D eigenvalue weighted by atomic mass is 79.9. The molecule has 3 rings (SSSR count). The number of rotatable bonds is 5. The first-order valence-electron chi connectivity index (χ1n) is 7.90. The van der Waals surface area contributed by atoms with Crippen molar-refractivity contribution in [2.45, 2.75) is 19.0 Å². The first kappa shape index (κ1) is 18.5. The summed E-state index contributed by atoms with van der Waals surface area (Å²) >= 11 is 4.64. The van der Waals surface area contributed by atoms with Crippen molar-refractivity contribution in [3.63, 3.8) is 0 Å². The number of thioether (sulfide) groups is 1. The van der Waals surface area contributed by atoms with Crippen molar-refractivity contribution >= 4 is 39.3 Å². The number of amides is 1. The maximum Gasteiger partial charge on any atom is 0.234 e. The number of aryl methyl sites for hydroxylation is 2. The van der Waals surface area contributed by atoms with Gasteiger partial charge in [0, 0.05) is 15.7 Å². The molecule has 26 heavy (non-hydrogen) atoms. The largest absolute Gasteiger partial charge is 0.335 e. The maximum atomic E-state index is 12.2. The number of carbonyl (C=O) groups excluding carboxylic acids is 1. The Kier molecular flexibility index (Phi) is 5.63. The van der Waals surface area contributed by atoms with Gasteiger partial charge in [0.05, 0.1) is 5.75 Å². The van der Waals surface area contributed by atoms with Crippen molar-refractivity contribution in [2.75, 3.05) is 16.9 Å². The van der Waals surface area contributed by atoms with E-state index in [1.165, 1.54) is 16.4 Å². The van der Waals surface area contributed by atoms with Crippen LogP contribution in [0.3, 0.4) is 0 Å². The molecular weight excluding hydrogens is 414 g/mol. The molecule has 0 saturated heterocycles. The van der Waals surface area contributed by atoms with Gasteiger partial charge in [-0.25, -0.2) is 4.68 Å². The number of nitrogens with two attached hydrogens (primary N) is 1. The summed E-state index contributed by atoms with van der Waals surface area (Å²) < 4.78 is 2.38. The standard InChI is InChI=1S/C18H18BrN5OS/c1-11-3-8-15(12(2)9-11)21-16(25)10-26-18-23-22-17(24(18)20)13-4-6-14(19)7-5-13/h3-9H,10,20H2,1-2H3,(H,21,25). The summed E-state index contributed by atoms with van der Waals surface area (Å²) in [5.41, 5.74) is 3.86. The van der Waals surface area contributed by atoms with Gasteiger partial charge in [-0.05, 0) is 37.6 Å².